The van der Waals surface area contributed by atoms with Crippen molar-refractivity contribution in [1.29, 1.82) is 0 Å². The van der Waals surface area contributed by atoms with Crippen LogP contribution < -0.4 is 10.1 Å². The van der Waals surface area contributed by atoms with E-state index >= 15 is 0 Å². The maximum atomic E-state index is 12.3. The number of aromatic nitrogens is 1. The molecule has 0 aliphatic heterocycles. The number of aryl methyl sites for hydroxylation is 1. The van der Waals surface area contributed by atoms with Gasteiger partial charge in [-0.25, -0.2) is 4.98 Å². The van der Waals surface area contributed by atoms with Gasteiger partial charge in [-0.1, -0.05) is 34.8 Å². The van der Waals surface area contributed by atoms with Crippen LogP contribution in [0.3, 0.4) is 0 Å². The molecule has 1 heterocycles. The third-order valence-electron chi connectivity index (χ3n) is 4.33. The molecule has 0 atom stereocenters. The van der Waals surface area contributed by atoms with Gasteiger partial charge in [0.15, 0.2) is 12.2 Å². The van der Waals surface area contributed by atoms with Gasteiger partial charge in [0.25, 0.3) is 5.91 Å². The first-order valence-corrected chi connectivity index (χ1v) is 10.1. The Bertz CT molecular complexity index is 1250. The van der Waals surface area contributed by atoms with Crippen LogP contribution in [-0.2, 0) is 4.79 Å². The largest absolute Gasteiger partial charge is 0.484 e. The quantitative estimate of drug-likeness (QED) is 0.356. The number of fused-ring (bicyclic) bond motifs is 1. The number of amides is 1. The Labute approximate surface area is 187 Å². The van der Waals surface area contributed by atoms with Crippen molar-refractivity contribution in [2.75, 3.05) is 11.9 Å². The summed E-state index contributed by atoms with van der Waals surface area (Å²) in [5, 5.41) is 4.42. The van der Waals surface area contributed by atoms with E-state index in [-0.39, 0.29) is 12.5 Å². The Morgan fingerprint density at radius 2 is 1.83 bits per heavy atom. The number of hydrogen-bond acceptors (Lipinski definition) is 4. The van der Waals surface area contributed by atoms with Crippen LogP contribution in [0.15, 0.2) is 59.0 Å². The molecule has 8 heteroatoms. The van der Waals surface area contributed by atoms with E-state index in [1.54, 1.807) is 54.6 Å². The van der Waals surface area contributed by atoms with Crippen LogP contribution in [0.4, 0.5) is 5.69 Å². The molecule has 0 aliphatic rings. The molecule has 5 nitrogen and oxygen atoms in total. The Morgan fingerprint density at radius 3 is 2.63 bits per heavy atom. The number of hydrogen-bond donors (Lipinski definition) is 1. The third kappa shape index (κ3) is 4.54. The van der Waals surface area contributed by atoms with E-state index in [0.717, 1.165) is 5.56 Å². The molecule has 1 aromatic heterocycles. The van der Waals surface area contributed by atoms with Crippen molar-refractivity contribution >= 4 is 57.5 Å². The summed E-state index contributed by atoms with van der Waals surface area (Å²) in [7, 11) is 0. The second kappa shape index (κ2) is 8.56. The molecule has 0 aliphatic carbocycles. The van der Waals surface area contributed by atoms with Crippen molar-refractivity contribution in [1.82, 2.24) is 4.98 Å². The maximum absolute atomic E-state index is 12.3. The number of rotatable bonds is 5. The Hall–Kier alpha value is -2.73. The molecule has 0 fully saturated rings. The zero-order chi connectivity index (χ0) is 21.3. The van der Waals surface area contributed by atoms with Crippen LogP contribution in [0.5, 0.6) is 5.75 Å². The van der Waals surface area contributed by atoms with E-state index in [4.69, 9.17) is 44.0 Å². The zero-order valence-electron chi connectivity index (χ0n) is 15.7. The first kappa shape index (κ1) is 20.5. The second-order valence-electron chi connectivity index (χ2n) is 6.57. The predicted octanol–water partition coefficient (Wildman–Crippen LogP) is 6.78. The number of anilines is 1. The Kier molecular flexibility index (Phi) is 5.86. The summed E-state index contributed by atoms with van der Waals surface area (Å²) in [5.41, 5.74) is 3.17. The van der Waals surface area contributed by atoms with Gasteiger partial charge in [-0.15, -0.1) is 0 Å². The lowest BCUT2D eigenvalue weighted by molar-refractivity contribution is -0.118. The van der Waals surface area contributed by atoms with Gasteiger partial charge in [-0.3, -0.25) is 4.79 Å². The van der Waals surface area contributed by atoms with Crippen molar-refractivity contribution in [3.63, 3.8) is 0 Å². The Morgan fingerprint density at radius 1 is 1.03 bits per heavy atom. The number of carbonyl (C=O) groups is 1. The van der Waals surface area contributed by atoms with Gasteiger partial charge >= 0.3 is 0 Å². The summed E-state index contributed by atoms with van der Waals surface area (Å²) in [6.45, 7) is 1.71. The first-order valence-electron chi connectivity index (χ1n) is 8.94. The van der Waals surface area contributed by atoms with Crippen LogP contribution >= 0.6 is 34.8 Å². The molecule has 4 aromatic rings. The molecule has 1 amide bonds. The number of benzene rings is 3. The fourth-order valence-corrected chi connectivity index (χ4v) is 3.32. The molecule has 0 saturated carbocycles. The molecule has 0 bridgehead atoms. The highest BCUT2D eigenvalue weighted by Gasteiger charge is 2.14. The molecule has 4 rings (SSSR count). The average Bonchev–Trinajstić information content (AvgIpc) is 3.13. The number of carbonyl (C=O) groups excluding carboxylic acids is 1. The SMILES string of the molecule is Cc1cc(OCC(=O)Nc2ccc(Cl)c(-c3nc4cc(Cl)ccc4o3)c2)ccc1Cl. The van der Waals surface area contributed by atoms with E-state index < -0.39 is 0 Å². The average molecular weight is 462 g/mol. The summed E-state index contributed by atoms with van der Waals surface area (Å²) in [6, 6.07) is 15.4. The fourth-order valence-electron chi connectivity index (χ4n) is 2.84. The summed E-state index contributed by atoms with van der Waals surface area (Å²) in [6.07, 6.45) is 0. The molecule has 0 saturated heterocycles. The van der Waals surface area contributed by atoms with Crippen molar-refractivity contribution in [2.45, 2.75) is 6.92 Å². The monoisotopic (exact) mass is 460 g/mol. The Balaban J connectivity index is 1.49. The molecule has 30 heavy (non-hydrogen) atoms. The summed E-state index contributed by atoms with van der Waals surface area (Å²) >= 11 is 18.3. The van der Waals surface area contributed by atoms with Gasteiger partial charge in [-0.2, -0.15) is 0 Å². The minimum absolute atomic E-state index is 0.152. The van der Waals surface area contributed by atoms with E-state index in [2.05, 4.69) is 10.3 Å². The lowest BCUT2D eigenvalue weighted by atomic mass is 10.2. The van der Waals surface area contributed by atoms with Crippen LogP contribution in [0.2, 0.25) is 15.1 Å². The number of ether oxygens (including phenoxy) is 1. The molecule has 0 spiro atoms. The third-order valence-corrected chi connectivity index (χ3v) is 5.32. The van der Waals surface area contributed by atoms with Crippen molar-refractivity contribution in [3.8, 4) is 17.2 Å². The number of nitrogens with zero attached hydrogens (tertiary/aromatic N) is 1. The second-order valence-corrected chi connectivity index (χ2v) is 7.82. The minimum atomic E-state index is -0.319. The van der Waals surface area contributed by atoms with Gasteiger partial charge in [0, 0.05) is 15.7 Å². The summed E-state index contributed by atoms with van der Waals surface area (Å²) in [5.74, 6) is 0.579. The molecule has 152 valence electrons. The van der Waals surface area contributed by atoms with Gasteiger partial charge in [-0.05, 0) is 67.1 Å². The number of halogens is 3. The summed E-state index contributed by atoms with van der Waals surface area (Å²) in [4.78, 5) is 16.7. The maximum Gasteiger partial charge on any atom is 0.262 e. The topological polar surface area (TPSA) is 64.4 Å². The number of nitrogens with one attached hydrogen (secondary N) is 1. The van der Waals surface area contributed by atoms with Crippen molar-refractivity contribution in [3.05, 3.63) is 75.2 Å². The van der Waals surface area contributed by atoms with Crippen LogP contribution in [0.25, 0.3) is 22.6 Å². The first-order chi connectivity index (χ1) is 14.4. The lowest BCUT2D eigenvalue weighted by Crippen LogP contribution is -2.20. The van der Waals surface area contributed by atoms with Gasteiger partial charge in [0.2, 0.25) is 5.89 Å². The van der Waals surface area contributed by atoms with E-state index in [1.807, 2.05) is 6.92 Å². The normalized spacial score (nSPS) is 10.9. The highest BCUT2D eigenvalue weighted by Crippen LogP contribution is 2.33. The van der Waals surface area contributed by atoms with Gasteiger partial charge in [0.1, 0.15) is 11.3 Å². The van der Waals surface area contributed by atoms with E-state index in [9.17, 15) is 4.79 Å². The smallest absolute Gasteiger partial charge is 0.262 e. The van der Waals surface area contributed by atoms with Gasteiger partial charge in [0.05, 0.1) is 10.6 Å². The number of oxazole rings is 1. The van der Waals surface area contributed by atoms with Gasteiger partial charge < -0.3 is 14.5 Å². The van der Waals surface area contributed by atoms with Crippen molar-refractivity contribution < 1.29 is 13.9 Å². The van der Waals surface area contributed by atoms with E-state index in [0.29, 0.717) is 49.1 Å². The lowest BCUT2D eigenvalue weighted by Gasteiger charge is -2.10. The molecular formula is C22H15Cl3N2O3. The predicted molar refractivity (Wildman–Crippen MR) is 120 cm³/mol. The fraction of sp³-hybridized carbons (Fsp3) is 0.0909. The van der Waals surface area contributed by atoms with Crippen molar-refractivity contribution in [2.24, 2.45) is 0 Å². The summed E-state index contributed by atoms with van der Waals surface area (Å²) < 4.78 is 11.3. The molecule has 0 unspecified atom stereocenters. The zero-order valence-corrected chi connectivity index (χ0v) is 18.0. The highest BCUT2D eigenvalue weighted by molar-refractivity contribution is 6.33. The molecule has 1 N–H and O–H groups in total. The highest BCUT2D eigenvalue weighted by atomic mass is 35.5. The molecular weight excluding hydrogens is 447 g/mol. The molecule has 0 radical (unpaired) electrons. The van der Waals surface area contributed by atoms with Crippen LogP contribution in [0.1, 0.15) is 5.56 Å². The van der Waals surface area contributed by atoms with Crippen LogP contribution in [-0.4, -0.2) is 17.5 Å². The standard InChI is InChI=1S/C22H15Cl3N2O3/c1-12-8-15(4-6-17(12)24)29-11-21(28)26-14-3-5-18(25)16(10-14)22-27-19-9-13(23)2-7-20(19)30-22/h2-10H,11H2,1H3,(H,26,28). The molecule has 3 aromatic carbocycles. The van der Waals surface area contributed by atoms with Crippen LogP contribution in [0, 0.1) is 6.92 Å². The van der Waals surface area contributed by atoms with E-state index in [1.165, 1.54) is 0 Å². The minimum Gasteiger partial charge on any atom is -0.484 e.